The molecule has 1 fully saturated rings. The Labute approximate surface area is 193 Å². The number of nitrogens with zero attached hydrogens (tertiary/aromatic N) is 2. The van der Waals surface area contributed by atoms with E-state index < -0.39 is 5.91 Å². The molecule has 0 spiro atoms. The van der Waals surface area contributed by atoms with Crippen LogP contribution in [-0.2, 0) is 0 Å². The number of carbonyl (C=O) groups is 1. The van der Waals surface area contributed by atoms with Crippen LogP contribution in [0.3, 0.4) is 0 Å². The van der Waals surface area contributed by atoms with Gasteiger partial charge in [-0.15, -0.1) is 0 Å². The van der Waals surface area contributed by atoms with Gasteiger partial charge in [-0.2, -0.15) is 5.10 Å². The second kappa shape index (κ2) is 8.98. The molecule has 6 heteroatoms. The summed E-state index contributed by atoms with van der Waals surface area (Å²) in [4.78, 5) is 12.0. The van der Waals surface area contributed by atoms with Gasteiger partial charge < -0.3 is 15.8 Å². The summed E-state index contributed by atoms with van der Waals surface area (Å²) in [5.74, 6) is 1.56. The SMILES string of the molecule is Cc1c(C(N)=O)cn2nc(C3CCCCC3)cc(Nc3ccc(Oc4ccccc4)cc3)c12. The quantitative estimate of drug-likeness (QED) is 0.367. The van der Waals surface area contributed by atoms with Crippen LogP contribution in [0.2, 0.25) is 0 Å². The number of carbonyl (C=O) groups excluding carboxylic acids is 1. The number of rotatable bonds is 6. The molecule has 1 aliphatic carbocycles. The molecule has 1 saturated carbocycles. The Morgan fingerprint density at radius 2 is 1.73 bits per heavy atom. The van der Waals surface area contributed by atoms with E-state index in [9.17, 15) is 4.79 Å². The number of hydrogen-bond donors (Lipinski definition) is 2. The molecule has 33 heavy (non-hydrogen) atoms. The van der Waals surface area contributed by atoms with Crippen molar-refractivity contribution >= 4 is 22.8 Å². The molecule has 0 unspecified atom stereocenters. The number of aryl methyl sites for hydroxylation is 1. The predicted molar refractivity (Wildman–Crippen MR) is 131 cm³/mol. The van der Waals surface area contributed by atoms with E-state index in [1.54, 1.807) is 6.20 Å². The zero-order valence-electron chi connectivity index (χ0n) is 18.8. The number of para-hydroxylation sites is 1. The van der Waals surface area contributed by atoms with E-state index in [4.69, 9.17) is 15.6 Å². The number of amides is 1. The predicted octanol–water partition coefficient (Wildman–Crippen LogP) is 6.33. The van der Waals surface area contributed by atoms with Crippen molar-refractivity contribution in [2.75, 3.05) is 5.32 Å². The molecule has 0 bridgehead atoms. The van der Waals surface area contributed by atoms with Crippen LogP contribution in [0.5, 0.6) is 11.5 Å². The topological polar surface area (TPSA) is 81.7 Å². The van der Waals surface area contributed by atoms with Crippen molar-refractivity contribution in [3.63, 3.8) is 0 Å². The number of primary amides is 1. The lowest BCUT2D eigenvalue weighted by Crippen LogP contribution is -2.11. The number of hydrogen-bond acceptors (Lipinski definition) is 4. The van der Waals surface area contributed by atoms with E-state index in [1.807, 2.05) is 66.0 Å². The first-order valence-electron chi connectivity index (χ1n) is 11.5. The molecule has 0 radical (unpaired) electrons. The number of aromatic nitrogens is 2. The lowest BCUT2D eigenvalue weighted by atomic mass is 9.86. The Bertz CT molecular complexity index is 1270. The van der Waals surface area contributed by atoms with Gasteiger partial charge >= 0.3 is 0 Å². The highest BCUT2D eigenvalue weighted by Gasteiger charge is 2.22. The Balaban J connectivity index is 1.48. The smallest absolute Gasteiger partial charge is 0.250 e. The standard InChI is InChI=1S/C27H28N4O2/c1-18-23(27(28)32)17-31-26(18)25(16-24(30-31)19-8-4-2-5-9-19)29-20-12-14-22(15-13-20)33-21-10-6-3-7-11-21/h3,6-7,10-17,19,29H,2,4-5,8-9H2,1H3,(H2,28,32). The number of nitrogens with two attached hydrogens (primary N) is 1. The van der Waals surface area contributed by atoms with Gasteiger partial charge in [0.05, 0.1) is 22.5 Å². The lowest BCUT2D eigenvalue weighted by molar-refractivity contribution is 0.1000. The van der Waals surface area contributed by atoms with Gasteiger partial charge in [0.25, 0.3) is 5.91 Å². The maximum absolute atomic E-state index is 12.0. The van der Waals surface area contributed by atoms with E-state index in [1.165, 1.54) is 19.3 Å². The van der Waals surface area contributed by atoms with Gasteiger partial charge in [-0.05, 0) is 67.8 Å². The Morgan fingerprint density at radius 1 is 1.03 bits per heavy atom. The maximum Gasteiger partial charge on any atom is 0.250 e. The third kappa shape index (κ3) is 4.42. The second-order valence-electron chi connectivity index (χ2n) is 8.71. The summed E-state index contributed by atoms with van der Waals surface area (Å²) in [5.41, 5.74) is 10.7. The van der Waals surface area contributed by atoms with Crippen molar-refractivity contribution in [3.05, 3.63) is 83.7 Å². The summed E-state index contributed by atoms with van der Waals surface area (Å²) in [6, 6.07) is 19.7. The molecule has 0 aliphatic heterocycles. The first kappa shape index (κ1) is 21.1. The highest BCUT2D eigenvalue weighted by Crippen LogP contribution is 2.36. The zero-order chi connectivity index (χ0) is 22.8. The fraction of sp³-hybridized carbons (Fsp3) is 0.259. The summed E-state index contributed by atoms with van der Waals surface area (Å²) in [6.07, 6.45) is 7.79. The number of nitrogens with one attached hydrogen (secondary N) is 1. The van der Waals surface area contributed by atoms with Crippen LogP contribution in [0.4, 0.5) is 11.4 Å². The molecule has 2 aromatic carbocycles. The van der Waals surface area contributed by atoms with E-state index in [0.29, 0.717) is 11.5 Å². The minimum absolute atomic E-state index is 0.435. The van der Waals surface area contributed by atoms with Crippen LogP contribution < -0.4 is 15.8 Å². The van der Waals surface area contributed by atoms with Gasteiger partial charge in [0.15, 0.2) is 0 Å². The van der Waals surface area contributed by atoms with Crippen molar-refractivity contribution in [3.8, 4) is 11.5 Å². The lowest BCUT2D eigenvalue weighted by Gasteiger charge is -2.22. The van der Waals surface area contributed by atoms with E-state index >= 15 is 0 Å². The van der Waals surface area contributed by atoms with Crippen LogP contribution in [0.25, 0.3) is 5.52 Å². The molecular formula is C27H28N4O2. The molecule has 2 aromatic heterocycles. The summed E-state index contributed by atoms with van der Waals surface area (Å²) in [5, 5.41) is 8.42. The summed E-state index contributed by atoms with van der Waals surface area (Å²) >= 11 is 0. The first-order valence-corrected chi connectivity index (χ1v) is 11.5. The maximum atomic E-state index is 12.0. The fourth-order valence-electron chi connectivity index (χ4n) is 4.68. The summed E-state index contributed by atoms with van der Waals surface area (Å²) in [6.45, 7) is 1.92. The highest BCUT2D eigenvalue weighted by atomic mass is 16.5. The Hall–Kier alpha value is -3.80. The third-order valence-corrected chi connectivity index (χ3v) is 6.41. The Morgan fingerprint density at radius 3 is 2.42 bits per heavy atom. The molecule has 1 amide bonds. The number of anilines is 2. The summed E-state index contributed by atoms with van der Waals surface area (Å²) < 4.78 is 7.72. The largest absolute Gasteiger partial charge is 0.457 e. The monoisotopic (exact) mass is 440 g/mol. The number of benzene rings is 2. The van der Waals surface area contributed by atoms with Crippen LogP contribution in [0, 0.1) is 6.92 Å². The van der Waals surface area contributed by atoms with Gasteiger partial charge in [-0.3, -0.25) is 4.79 Å². The molecule has 4 aromatic rings. The molecule has 1 aliphatic rings. The van der Waals surface area contributed by atoms with Crippen LogP contribution in [0.15, 0.2) is 66.9 Å². The van der Waals surface area contributed by atoms with Crippen molar-refractivity contribution in [1.82, 2.24) is 9.61 Å². The minimum atomic E-state index is -0.439. The van der Waals surface area contributed by atoms with Gasteiger partial charge in [0, 0.05) is 17.8 Å². The second-order valence-corrected chi connectivity index (χ2v) is 8.71. The molecule has 168 valence electrons. The third-order valence-electron chi connectivity index (χ3n) is 6.41. The van der Waals surface area contributed by atoms with Gasteiger partial charge in [0.1, 0.15) is 11.5 Å². The van der Waals surface area contributed by atoms with Gasteiger partial charge in [0.2, 0.25) is 0 Å². The van der Waals surface area contributed by atoms with Gasteiger partial charge in [-0.1, -0.05) is 37.5 Å². The van der Waals surface area contributed by atoms with Crippen molar-refractivity contribution < 1.29 is 9.53 Å². The highest BCUT2D eigenvalue weighted by molar-refractivity contribution is 5.98. The average molecular weight is 441 g/mol. The van der Waals surface area contributed by atoms with Crippen molar-refractivity contribution in [1.29, 1.82) is 0 Å². The number of ether oxygens (including phenoxy) is 1. The van der Waals surface area contributed by atoms with Crippen LogP contribution in [0.1, 0.15) is 59.6 Å². The molecule has 2 heterocycles. The zero-order valence-corrected chi connectivity index (χ0v) is 18.8. The molecule has 0 saturated heterocycles. The molecule has 0 atom stereocenters. The van der Waals surface area contributed by atoms with Gasteiger partial charge in [-0.25, -0.2) is 4.52 Å². The molecule has 3 N–H and O–H groups in total. The normalized spacial score (nSPS) is 14.3. The fourth-order valence-corrected chi connectivity index (χ4v) is 4.68. The van der Waals surface area contributed by atoms with E-state index in [0.717, 1.165) is 52.5 Å². The van der Waals surface area contributed by atoms with E-state index in [-0.39, 0.29) is 0 Å². The number of fused-ring (bicyclic) bond motifs is 1. The molecule has 6 nitrogen and oxygen atoms in total. The van der Waals surface area contributed by atoms with Crippen molar-refractivity contribution in [2.45, 2.75) is 44.9 Å². The van der Waals surface area contributed by atoms with Crippen molar-refractivity contribution in [2.24, 2.45) is 5.73 Å². The average Bonchev–Trinajstić information content (AvgIpc) is 3.18. The first-order chi connectivity index (χ1) is 16.1. The van der Waals surface area contributed by atoms with Crippen LogP contribution in [-0.4, -0.2) is 15.5 Å². The minimum Gasteiger partial charge on any atom is -0.457 e. The molecular weight excluding hydrogens is 412 g/mol. The Kier molecular flexibility index (Phi) is 5.73. The summed E-state index contributed by atoms with van der Waals surface area (Å²) in [7, 11) is 0. The van der Waals surface area contributed by atoms with E-state index in [2.05, 4.69) is 11.4 Å². The molecule has 5 rings (SSSR count). The van der Waals surface area contributed by atoms with Crippen LogP contribution >= 0.6 is 0 Å².